The molecule has 2 amide bonds. The maximum atomic E-state index is 12.5. The minimum absolute atomic E-state index is 0.137. The van der Waals surface area contributed by atoms with E-state index in [2.05, 4.69) is 5.32 Å². The van der Waals surface area contributed by atoms with Crippen LogP contribution in [0.4, 0.5) is 10.5 Å². The number of ether oxygens (including phenoxy) is 1. The lowest BCUT2D eigenvalue weighted by Crippen LogP contribution is -2.30. The zero-order valence-corrected chi connectivity index (χ0v) is 13.8. The van der Waals surface area contributed by atoms with Crippen molar-refractivity contribution in [1.29, 1.82) is 0 Å². The molecule has 0 bridgehead atoms. The van der Waals surface area contributed by atoms with E-state index in [-0.39, 0.29) is 6.03 Å². The Hall–Kier alpha value is -3.01. The number of nitrogens with one attached hydrogen (secondary N) is 1. The van der Waals surface area contributed by atoms with Gasteiger partial charge in [0.25, 0.3) is 0 Å². The van der Waals surface area contributed by atoms with Gasteiger partial charge in [0.05, 0.1) is 12.8 Å². The maximum absolute atomic E-state index is 12.5. The summed E-state index contributed by atoms with van der Waals surface area (Å²) in [5, 5.41) is 5.13. The molecule has 3 rings (SSSR count). The summed E-state index contributed by atoms with van der Waals surface area (Å²) in [6.45, 7) is 0.528. The van der Waals surface area contributed by atoms with Crippen molar-refractivity contribution in [2.45, 2.75) is 6.54 Å². The fraction of sp³-hybridized carbons (Fsp3) is 0.150. The Morgan fingerprint density at radius 1 is 1.00 bits per heavy atom. The van der Waals surface area contributed by atoms with Gasteiger partial charge in [-0.3, -0.25) is 0 Å². The van der Waals surface area contributed by atoms with E-state index in [4.69, 9.17) is 4.74 Å². The molecule has 0 saturated carbocycles. The van der Waals surface area contributed by atoms with Gasteiger partial charge in [0.1, 0.15) is 5.75 Å². The van der Waals surface area contributed by atoms with Crippen molar-refractivity contribution >= 4 is 22.5 Å². The number of hydrogen-bond acceptors (Lipinski definition) is 2. The molecule has 24 heavy (non-hydrogen) atoms. The van der Waals surface area contributed by atoms with Crippen LogP contribution in [0.2, 0.25) is 0 Å². The summed E-state index contributed by atoms with van der Waals surface area (Å²) in [5.74, 6) is 0.807. The molecular formula is C20H20N2O2. The van der Waals surface area contributed by atoms with Crippen LogP contribution in [-0.2, 0) is 6.54 Å². The molecule has 3 aromatic rings. The third-order valence-electron chi connectivity index (χ3n) is 3.96. The van der Waals surface area contributed by atoms with Crippen LogP contribution in [0, 0.1) is 0 Å². The number of hydrogen-bond donors (Lipinski definition) is 1. The number of nitrogens with zero attached hydrogens (tertiary/aromatic N) is 1. The van der Waals surface area contributed by atoms with Crippen molar-refractivity contribution in [3.05, 3.63) is 72.3 Å². The van der Waals surface area contributed by atoms with Crippen LogP contribution < -0.4 is 10.1 Å². The normalized spacial score (nSPS) is 10.4. The number of carbonyl (C=O) groups is 1. The maximum Gasteiger partial charge on any atom is 0.321 e. The molecule has 0 radical (unpaired) electrons. The number of anilines is 1. The van der Waals surface area contributed by atoms with Crippen molar-refractivity contribution in [2.24, 2.45) is 0 Å². The summed E-state index contributed by atoms with van der Waals surface area (Å²) in [6, 6.07) is 21.5. The van der Waals surface area contributed by atoms with E-state index in [1.165, 1.54) is 0 Å². The third kappa shape index (κ3) is 3.49. The van der Waals surface area contributed by atoms with Gasteiger partial charge in [0, 0.05) is 19.0 Å². The van der Waals surface area contributed by atoms with E-state index in [9.17, 15) is 4.79 Å². The molecule has 0 fully saturated rings. The lowest BCUT2D eigenvalue weighted by Gasteiger charge is -2.19. The first kappa shape index (κ1) is 15.9. The predicted molar refractivity (Wildman–Crippen MR) is 97.4 cm³/mol. The number of urea groups is 1. The second kappa shape index (κ2) is 7.04. The van der Waals surface area contributed by atoms with E-state index < -0.39 is 0 Å². The number of rotatable bonds is 4. The predicted octanol–water partition coefficient (Wildman–Crippen LogP) is 4.51. The quantitative estimate of drug-likeness (QED) is 0.768. The molecule has 1 N–H and O–H groups in total. The average Bonchev–Trinajstić information content (AvgIpc) is 2.62. The standard InChI is InChI=1S/C20H20N2O2/c1-22(14-15-10-12-17(24-2)13-11-15)20(23)21-19-9-5-7-16-6-3-4-8-18(16)19/h3-13H,14H2,1-2H3,(H,21,23). The SMILES string of the molecule is COc1ccc(CN(C)C(=O)Nc2cccc3ccccc23)cc1. The van der Waals surface area contributed by atoms with E-state index >= 15 is 0 Å². The minimum Gasteiger partial charge on any atom is -0.497 e. The van der Waals surface area contributed by atoms with E-state index in [1.807, 2.05) is 66.7 Å². The van der Waals surface area contributed by atoms with Gasteiger partial charge in [-0.25, -0.2) is 4.79 Å². The minimum atomic E-state index is -0.137. The Morgan fingerprint density at radius 2 is 1.71 bits per heavy atom. The molecule has 3 aromatic carbocycles. The van der Waals surface area contributed by atoms with Gasteiger partial charge in [-0.2, -0.15) is 0 Å². The molecule has 0 heterocycles. The number of benzene rings is 3. The molecule has 0 aliphatic rings. The van der Waals surface area contributed by atoms with E-state index in [0.717, 1.165) is 27.8 Å². The second-order valence-corrected chi connectivity index (χ2v) is 5.66. The van der Waals surface area contributed by atoms with Crippen LogP contribution in [0.5, 0.6) is 5.75 Å². The van der Waals surface area contributed by atoms with Gasteiger partial charge in [0.15, 0.2) is 0 Å². The largest absolute Gasteiger partial charge is 0.497 e. The van der Waals surface area contributed by atoms with Crippen LogP contribution in [0.1, 0.15) is 5.56 Å². The fourth-order valence-corrected chi connectivity index (χ4v) is 2.62. The molecule has 0 aliphatic carbocycles. The highest BCUT2D eigenvalue weighted by atomic mass is 16.5. The summed E-state index contributed by atoms with van der Waals surface area (Å²) in [7, 11) is 3.42. The Labute approximate surface area is 141 Å². The number of amides is 2. The highest BCUT2D eigenvalue weighted by Gasteiger charge is 2.11. The van der Waals surface area contributed by atoms with E-state index in [0.29, 0.717) is 6.54 Å². The van der Waals surface area contributed by atoms with Gasteiger partial charge in [-0.15, -0.1) is 0 Å². The van der Waals surface area contributed by atoms with Crippen LogP contribution >= 0.6 is 0 Å². The van der Waals surface area contributed by atoms with Gasteiger partial charge in [0.2, 0.25) is 0 Å². The van der Waals surface area contributed by atoms with Crippen LogP contribution in [0.25, 0.3) is 10.8 Å². The van der Waals surface area contributed by atoms with Crippen LogP contribution in [0.15, 0.2) is 66.7 Å². The van der Waals surface area contributed by atoms with Crippen molar-refractivity contribution in [3.63, 3.8) is 0 Å². The Kier molecular flexibility index (Phi) is 4.66. The summed E-state index contributed by atoms with van der Waals surface area (Å²) in [4.78, 5) is 14.1. The third-order valence-corrected chi connectivity index (χ3v) is 3.96. The Bertz CT molecular complexity index is 838. The van der Waals surface area contributed by atoms with Crippen molar-refractivity contribution < 1.29 is 9.53 Å². The van der Waals surface area contributed by atoms with Gasteiger partial charge >= 0.3 is 6.03 Å². The van der Waals surface area contributed by atoms with Gasteiger partial charge in [-0.1, -0.05) is 48.5 Å². The first-order chi connectivity index (χ1) is 11.7. The Balaban J connectivity index is 1.71. The summed E-state index contributed by atoms with van der Waals surface area (Å²) < 4.78 is 5.15. The highest BCUT2D eigenvalue weighted by molar-refractivity contribution is 6.01. The summed E-state index contributed by atoms with van der Waals surface area (Å²) in [6.07, 6.45) is 0. The molecule has 0 saturated heterocycles. The number of carbonyl (C=O) groups excluding carboxylic acids is 1. The molecule has 4 nitrogen and oxygen atoms in total. The lowest BCUT2D eigenvalue weighted by molar-refractivity contribution is 0.220. The summed E-state index contributed by atoms with van der Waals surface area (Å²) in [5.41, 5.74) is 1.87. The molecule has 122 valence electrons. The Morgan fingerprint density at radius 3 is 2.46 bits per heavy atom. The number of fused-ring (bicyclic) bond motifs is 1. The molecule has 0 atom stereocenters. The van der Waals surface area contributed by atoms with Crippen molar-refractivity contribution in [2.75, 3.05) is 19.5 Å². The highest BCUT2D eigenvalue weighted by Crippen LogP contribution is 2.23. The molecular weight excluding hydrogens is 300 g/mol. The van der Waals surface area contributed by atoms with Gasteiger partial charge < -0.3 is 15.0 Å². The molecule has 0 unspecified atom stereocenters. The first-order valence-corrected chi connectivity index (χ1v) is 7.80. The van der Waals surface area contributed by atoms with Gasteiger partial charge in [-0.05, 0) is 29.1 Å². The smallest absolute Gasteiger partial charge is 0.321 e. The topological polar surface area (TPSA) is 41.6 Å². The van der Waals surface area contributed by atoms with Crippen molar-refractivity contribution in [3.8, 4) is 5.75 Å². The summed E-state index contributed by atoms with van der Waals surface area (Å²) >= 11 is 0. The van der Waals surface area contributed by atoms with Crippen molar-refractivity contribution in [1.82, 2.24) is 4.90 Å². The average molecular weight is 320 g/mol. The molecule has 0 spiro atoms. The van der Waals surface area contributed by atoms with Crippen LogP contribution in [0.3, 0.4) is 0 Å². The molecule has 4 heteroatoms. The van der Waals surface area contributed by atoms with Crippen LogP contribution in [-0.4, -0.2) is 25.1 Å². The lowest BCUT2D eigenvalue weighted by atomic mass is 10.1. The second-order valence-electron chi connectivity index (χ2n) is 5.66. The monoisotopic (exact) mass is 320 g/mol. The first-order valence-electron chi connectivity index (χ1n) is 7.80. The van der Waals surface area contributed by atoms with E-state index in [1.54, 1.807) is 19.1 Å². The molecule has 0 aromatic heterocycles. The zero-order chi connectivity index (χ0) is 16.9. The zero-order valence-electron chi connectivity index (χ0n) is 13.8. The number of methoxy groups -OCH3 is 1. The molecule has 0 aliphatic heterocycles. The fourth-order valence-electron chi connectivity index (χ4n) is 2.62.